The van der Waals surface area contributed by atoms with Crippen molar-refractivity contribution in [3.05, 3.63) is 65.5 Å². The summed E-state index contributed by atoms with van der Waals surface area (Å²) in [6, 6.07) is 12.3. The van der Waals surface area contributed by atoms with Gasteiger partial charge in [0, 0.05) is 29.8 Å². The third-order valence-corrected chi connectivity index (χ3v) is 7.59. The molecule has 0 bridgehead atoms. The van der Waals surface area contributed by atoms with E-state index in [-0.39, 0.29) is 0 Å². The fourth-order valence-electron chi connectivity index (χ4n) is 4.73. The number of rotatable bonds is 6. The first-order chi connectivity index (χ1) is 17.9. The van der Waals surface area contributed by atoms with Crippen molar-refractivity contribution in [1.82, 2.24) is 19.7 Å². The molecule has 2 aromatic carbocycles. The van der Waals surface area contributed by atoms with Crippen LogP contribution in [0.25, 0.3) is 42.9 Å². The minimum atomic E-state index is -1.13. The van der Waals surface area contributed by atoms with E-state index in [2.05, 4.69) is 48.2 Å². The van der Waals surface area contributed by atoms with Gasteiger partial charge in [-0.2, -0.15) is 5.10 Å². The third-order valence-electron chi connectivity index (χ3n) is 6.48. The Bertz CT molecular complexity index is 1660. The van der Waals surface area contributed by atoms with Gasteiger partial charge in [0.1, 0.15) is 10.5 Å². The lowest BCUT2D eigenvalue weighted by Crippen LogP contribution is -2.28. The molecule has 0 spiro atoms. The SMILES string of the molecule is Cc1cc2nc(-c3cc4cn(C)nc4cn3)sc2c(-c2ccc(C(C)C)cc2)c1C(OC(C)(C)C)C(=O)O. The average Bonchev–Trinajstić information content (AvgIpc) is 3.43. The first-order valence-corrected chi connectivity index (χ1v) is 13.5. The number of aliphatic carboxylic acids is 1. The summed E-state index contributed by atoms with van der Waals surface area (Å²) in [4.78, 5) is 22.2. The van der Waals surface area contributed by atoms with Gasteiger partial charge in [0.15, 0.2) is 6.10 Å². The molecule has 38 heavy (non-hydrogen) atoms. The second-order valence-electron chi connectivity index (χ2n) is 11.0. The zero-order valence-corrected chi connectivity index (χ0v) is 23.6. The monoisotopic (exact) mass is 528 g/mol. The number of aryl methyl sites for hydroxylation is 2. The highest BCUT2D eigenvalue weighted by atomic mass is 32.1. The summed E-state index contributed by atoms with van der Waals surface area (Å²) >= 11 is 1.52. The Labute approximate surface area is 226 Å². The zero-order valence-electron chi connectivity index (χ0n) is 22.7. The van der Waals surface area contributed by atoms with Gasteiger partial charge in [-0.1, -0.05) is 38.1 Å². The zero-order chi connectivity index (χ0) is 27.4. The number of carboxylic acid groups (broad SMARTS) is 1. The number of carboxylic acids is 1. The normalized spacial score (nSPS) is 13.1. The lowest BCUT2D eigenvalue weighted by atomic mass is 9.90. The van der Waals surface area contributed by atoms with Crippen LogP contribution in [-0.2, 0) is 16.6 Å². The molecule has 0 aliphatic rings. The number of aromatic nitrogens is 4. The van der Waals surface area contributed by atoms with E-state index in [4.69, 9.17) is 9.72 Å². The maximum atomic E-state index is 12.6. The van der Waals surface area contributed by atoms with E-state index in [1.54, 1.807) is 10.9 Å². The molecule has 0 saturated heterocycles. The smallest absolute Gasteiger partial charge is 0.337 e. The van der Waals surface area contributed by atoms with Crippen LogP contribution in [-0.4, -0.2) is 36.4 Å². The lowest BCUT2D eigenvalue weighted by Gasteiger charge is -2.28. The molecule has 0 saturated carbocycles. The molecule has 7 nitrogen and oxygen atoms in total. The molecule has 0 amide bonds. The van der Waals surface area contributed by atoms with E-state index in [0.717, 1.165) is 48.5 Å². The number of carbonyl (C=O) groups is 1. The second-order valence-corrected chi connectivity index (χ2v) is 12.0. The number of benzene rings is 2. The van der Waals surface area contributed by atoms with Crippen LogP contribution in [0.3, 0.4) is 0 Å². The lowest BCUT2D eigenvalue weighted by molar-refractivity contribution is -0.160. The molecule has 1 atom stereocenters. The van der Waals surface area contributed by atoms with Crippen LogP contribution in [0.15, 0.2) is 48.8 Å². The van der Waals surface area contributed by atoms with E-state index < -0.39 is 17.7 Å². The van der Waals surface area contributed by atoms with E-state index >= 15 is 0 Å². The fourth-order valence-corrected chi connectivity index (χ4v) is 5.83. The minimum absolute atomic E-state index is 0.389. The van der Waals surface area contributed by atoms with Crippen LogP contribution < -0.4 is 0 Å². The molecule has 3 heterocycles. The largest absolute Gasteiger partial charge is 0.479 e. The highest BCUT2D eigenvalue weighted by Crippen LogP contribution is 2.44. The highest BCUT2D eigenvalue weighted by Gasteiger charge is 2.32. The highest BCUT2D eigenvalue weighted by molar-refractivity contribution is 7.22. The van der Waals surface area contributed by atoms with Crippen molar-refractivity contribution in [3.63, 3.8) is 0 Å². The number of pyridine rings is 1. The van der Waals surface area contributed by atoms with Crippen LogP contribution in [0.5, 0.6) is 0 Å². The van der Waals surface area contributed by atoms with Gasteiger partial charge in [0.25, 0.3) is 0 Å². The van der Waals surface area contributed by atoms with Gasteiger partial charge in [-0.3, -0.25) is 9.67 Å². The average molecular weight is 529 g/mol. The fraction of sp³-hybridized carbons (Fsp3) is 0.333. The molecular weight excluding hydrogens is 496 g/mol. The Kier molecular flexibility index (Phi) is 6.57. The van der Waals surface area contributed by atoms with Gasteiger partial charge < -0.3 is 9.84 Å². The van der Waals surface area contributed by atoms with Crippen LogP contribution in [0.1, 0.15) is 63.3 Å². The number of thiazole rings is 1. The van der Waals surface area contributed by atoms with Crippen molar-refractivity contribution >= 4 is 38.4 Å². The summed E-state index contributed by atoms with van der Waals surface area (Å²) in [6.45, 7) is 11.9. The van der Waals surface area contributed by atoms with Crippen molar-refractivity contribution in [2.75, 3.05) is 0 Å². The topological polar surface area (TPSA) is 90.1 Å². The molecule has 3 aromatic heterocycles. The van der Waals surface area contributed by atoms with Crippen molar-refractivity contribution in [2.45, 2.75) is 59.2 Å². The molecular formula is C30H32N4O3S. The van der Waals surface area contributed by atoms with Crippen LogP contribution in [0.4, 0.5) is 0 Å². The molecule has 196 valence electrons. The number of hydrogen-bond acceptors (Lipinski definition) is 6. The maximum Gasteiger partial charge on any atom is 0.337 e. The Morgan fingerprint density at radius 3 is 2.45 bits per heavy atom. The third kappa shape index (κ3) is 4.93. The van der Waals surface area contributed by atoms with Crippen molar-refractivity contribution < 1.29 is 14.6 Å². The van der Waals surface area contributed by atoms with Crippen LogP contribution in [0.2, 0.25) is 0 Å². The van der Waals surface area contributed by atoms with Crippen LogP contribution >= 0.6 is 11.3 Å². The van der Waals surface area contributed by atoms with E-state index in [9.17, 15) is 9.90 Å². The van der Waals surface area contributed by atoms with Crippen molar-refractivity contribution in [3.8, 4) is 21.8 Å². The number of fused-ring (bicyclic) bond motifs is 2. The summed E-state index contributed by atoms with van der Waals surface area (Å²) in [5.74, 6) is -0.628. The predicted octanol–water partition coefficient (Wildman–Crippen LogP) is 7.28. The molecule has 1 N–H and O–H groups in total. The van der Waals surface area contributed by atoms with Crippen molar-refractivity contribution in [1.29, 1.82) is 0 Å². The summed E-state index contributed by atoms with van der Waals surface area (Å²) in [7, 11) is 1.89. The Morgan fingerprint density at radius 1 is 1.11 bits per heavy atom. The maximum absolute atomic E-state index is 12.6. The van der Waals surface area contributed by atoms with Crippen LogP contribution in [0, 0.1) is 6.92 Å². The first-order valence-electron chi connectivity index (χ1n) is 12.7. The standard InChI is InChI=1S/C30H32N4O3S/c1-16(2)18-8-10-19(11-9-18)25-24(26(29(35)36)37-30(4,5)6)17(3)12-21-27(25)38-28(32-21)22-13-20-15-34(7)33-23(20)14-31-22/h8-16,26H,1-7H3,(H,35,36). The Hall–Kier alpha value is -3.62. The van der Waals surface area contributed by atoms with Gasteiger partial charge in [0.2, 0.25) is 0 Å². The predicted molar refractivity (Wildman–Crippen MR) is 153 cm³/mol. The van der Waals surface area contributed by atoms with Gasteiger partial charge in [-0.05, 0) is 62.4 Å². The summed E-state index contributed by atoms with van der Waals surface area (Å²) in [5, 5.41) is 16.5. The molecule has 5 aromatic rings. The van der Waals surface area contributed by atoms with Gasteiger partial charge in [-0.25, -0.2) is 9.78 Å². The number of ether oxygens (including phenoxy) is 1. The Balaban J connectivity index is 1.77. The molecule has 1 unspecified atom stereocenters. The summed E-state index contributed by atoms with van der Waals surface area (Å²) in [6.07, 6.45) is 2.59. The second kappa shape index (κ2) is 9.60. The molecule has 5 rings (SSSR count). The molecule has 8 heteroatoms. The van der Waals surface area contributed by atoms with E-state index in [1.807, 2.05) is 53.1 Å². The first kappa shape index (κ1) is 26.0. The van der Waals surface area contributed by atoms with Gasteiger partial charge in [-0.15, -0.1) is 11.3 Å². The van der Waals surface area contributed by atoms with E-state index in [1.165, 1.54) is 16.9 Å². The minimum Gasteiger partial charge on any atom is -0.479 e. The van der Waals surface area contributed by atoms with E-state index in [0.29, 0.717) is 11.5 Å². The van der Waals surface area contributed by atoms with Gasteiger partial charge >= 0.3 is 5.97 Å². The molecule has 0 aliphatic heterocycles. The number of nitrogens with zero attached hydrogens (tertiary/aromatic N) is 4. The number of hydrogen-bond donors (Lipinski definition) is 1. The molecule has 0 fully saturated rings. The van der Waals surface area contributed by atoms with Gasteiger partial charge in [0.05, 0.1) is 27.7 Å². The summed E-state index contributed by atoms with van der Waals surface area (Å²) < 4.78 is 8.82. The molecule has 0 aliphatic carbocycles. The Morgan fingerprint density at radius 2 is 1.82 bits per heavy atom. The quantitative estimate of drug-likeness (QED) is 0.249. The molecule has 0 radical (unpaired) electrons. The summed E-state index contributed by atoms with van der Waals surface area (Å²) in [5.41, 5.74) is 6.22. The van der Waals surface area contributed by atoms with Crippen molar-refractivity contribution in [2.24, 2.45) is 7.05 Å².